The highest BCUT2D eigenvalue weighted by Crippen LogP contribution is 2.25. The van der Waals surface area contributed by atoms with E-state index in [-0.39, 0.29) is 23.4 Å². The number of nitrogens with zero attached hydrogens (tertiary/aromatic N) is 1. The lowest BCUT2D eigenvalue weighted by Gasteiger charge is -2.26. The molecule has 1 unspecified atom stereocenters. The summed E-state index contributed by atoms with van der Waals surface area (Å²) in [6, 6.07) is 22.8. The Kier molecular flexibility index (Phi) is 7.13. The SMILES string of the molecule is CCC(NC(=O)CN(c1ccccc1)S(=O)(=O)c1ccccc1)c1ccc(C)cc1C. The van der Waals surface area contributed by atoms with Crippen LogP contribution in [0.1, 0.15) is 36.1 Å². The molecule has 162 valence electrons. The molecule has 0 heterocycles. The molecule has 5 nitrogen and oxygen atoms in total. The summed E-state index contributed by atoms with van der Waals surface area (Å²) >= 11 is 0. The van der Waals surface area contributed by atoms with Crippen LogP contribution in [0, 0.1) is 13.8 Å². The molecule has 0 aliphatic carbocycles. The number of amides is 1. The van der Waals surface area contributed by atoms with E-state index in [1.165, 1.54) is 12.1 Å². The fraction of sp³-hybridized carbons (Fsp3) is 0.240. The van der Waals surface area contributed by atoms with Crippen molar-refractivity contribution in [2.75, 3.05) is 10.8 Å². The average Bonchev–Trinajstić information content (AvgIpc) is 2.77. The summed E-state index contributed by atoms with van der Waals surface area (Å²) < 4.78 is 27.8. The molecule has 3 aromatic rings. The fourth-order valence-corrected chi connectivity index (χ4v) is 5.06. The predicted molar refractivity (Wildman–Crippen MR) is 125 cm³/mol. The van der Waals surface area contributed by atoms with Crippen molar-refractivity contribution in [1.29, 1.82) is 0 Å². The van der Waals surface area contributed by atoms with Crippen molar-refractivity contribution in [2.24, 2.45) is 0 Å². The maximum atomic E-state index is 13.3. The second-order valence-electron chi connectivity index (χ2n) is 7.55. The van der Waals surface area contributed by atoms with E-state index in [0.29, 0.717) is 12.1 Å². The van der Waals surface area contributed by atoms with Gasteiger partial charge in [-0.05, 0) is 55.7 Å². The zero-order valence-electron chi connectivity index (χ0n) is 18.1. The monoisotopic (exact) mass is 436 g/mol. The molecule has 1 N–H and O–H groups in total. The van der Waals surface area contributed by atoms with Crippen LogP contribution >= 0.6 is 0 Å². The van der Waals surface area contributed by atoms with E-state index >= 15 is 0 Å². The lowest BCUT2D eigenvalue weighted by atomic mass is 9.97. The molecule has 0 aromatic heterocycles. The third-order valence-electron chi connectivity index (χ3n) is 5.21. The first-order chi connectivity index (χ1) is 14.8. The Balaban J connectivity index is 1.88. The summed E-state index contributed by atoms with van der Waals surface area (Å²) in [5, 5.41) is 3.02. The number of hydrogen-bond acceptors (Lipinski definition) is 3. The Morgan fingerprint density at radius 1 is 0.935 bits per heavy atom. The van der Waals surface area contributed by atoms with Gasteiger partial charge in [0.15, 0.2) is 0 Å². The standard InChI is InChI=1S/C25H28N2O3S/c1-4-24(23-16-15-19(2)17-20(23)3)26-25(28)18-27(21-11-7-5-8-12-21)31(29,30)22-13-9-6-10-14-22/h5-17,24H,4,18H2,1-3H3,(H,26,28). The molecule has 31 heavy (non-hydrogen) atoms. The number of rotatable bonds is 8. The van der Waals surface area contributed by atoms with Crippen molar-refractivity contribution in [1.82, 2.24) is 5.32 Å². The minimum atomic E-state index is -3.90. The van der Waals surface area contributed by atoms with Crippen molar-refractivity contribution in [3.63, 3.8) is 0 Å². The van der Waals surface area contributed by atoms with Gasteiger partial charge in [0.2, 0.25) is 5.91 Å². The smallest absolute Gasteiger partial charge is 0.264 e. The number of sulfonamides is 1. The highest BCUT2D eigenvalue weighted by molar-refractivity contribution is 7.92. The van der Waals surface area contributed by atoms with E-state index in [9.17, 15) is 13.2 Å². The van der Waals surface area contributed by atoms with Crippen LogP contribution in [0.4, 0.5) is 5.69 Å². The molecule has 0 saturated carbocycles. The summed E-state index contributed by atoms with van der Waals surface area (Å²) in [4.78, 5) is 13.2. The van der Waals surface area contributed by atoms with Crippen LogP contribution in [-0.2, 0) is 14.8 Å². The Morgan fingerprint density at radius 3 is 2.13 bits per heavy atom. The van der Waals surface area contributed by atoms with Crippen LogP contribution in [0.5, 0.6) is 0 Å². The number of carbonyl (C=O) groups is 1. The summed E-state index contributed by atoms with van der Waals surface area (Å²) in [7, 11) is -3.90. The lowest BCUT2D eigenvalue weighted by molar-refractivity contribution is -0.120. The molecule has 0 saturated heterocycles. The van der Waals surface area contributed by atoms with Crippen molar-refractivity contribution >= 4 is 21.6 Å². The second-order valence-corrected chi connectivity index (χ2v) is 9.41. The number of carbonyl (C=O) groups excluding carboxylic acids is 1. The molecule has 3 rings (SSSR count). The van der Waals surface area contributed by atoms with Crippen LogP contribution in [0.2, 0.25) is 0 Å². The quantitative estimate of drug-likeness (QED) is 0.553. The van der Waals surface area contributed by atoms with E-state index in [0.717, 1.165) is 21.0 Å². The number of aryl methyl sites for hydroxylation is 2. The maximum Gasteiger partial charge on any atom is 0.264 e. The van der Waals surface area contributed by atoms with Crippen molar-refractivity contribution in [3.05, 3.63) is 95.6 Å². The van der Waals surface area contributed by atoms with Crippen molar-refractivity contribution in [3.8, 4) is 0 Å². The van der Waals surface area contributed by atoms with Gasteiger partial charge in [-0.25, -0.2) is 8.42 Å². The van der Waals surface area contributed by atoms with E-state index in [1.807, 2.05) is 39.0 Å². The molecular weight excluding hydrogens is 408 g/mol. The first-order valence-corrected chi connectivity index (χ1v) is 11.8. The van der Waals surface area contributed by atoms with Gasteiger partial charge in [-0.2, -0.15) is 0 Å². The number of benzene rings is 3. The van der Waals surface area contributed by atoms with Crippen molar-refractivity contribution in [2.45, 2.75) is 38.1 Å². The Labute approximate surface area is 184 Å². The zero-order valence-corrected chi connectivity index (χ0v) is 18.9. The van der Waals surface area contributed by atoms with E-state index in [2.05, 4.69) is 11.4 Å². The van der Waals surface area contributed by atoms with Crippen LogP contribution in [0.15, 0.2) is 83.8 Å². The van der Waals surface area contributed by atoms with Gasteiger partial charge >= 0.3 is 0 Å². The van der Waals surface area contributed by atoms with E-state index in [1.54, 1.807) is 42.5 Å². The summed E-state index contributed by atoms with van der Waals surface area (Å²) in [5.41, 5.74) is 3.75. The highest BCUT2D eigenvalue weighted by Gasteiger charge is 2.27. The van der Waals surface area contributed by atoms with Gasteiger partial charge in [0.25, 0.3) is 10.0 Å². The fourth-order valence-electron chi connectivity index (χ4n) is 3.62. The molecule has 0 spiro atoms. The molecule has 6 heteroatoms. The minimum absolute atomic E-state index is 0.146. The lowest BCUT2D eigenvalue weighted by Crippen LogP contribution is -2.42. The molecule has 0 fully saturated rings. The average molecular weight is 437 g/mol. The number of nitrogens with one attached hydrogen (secondary N) is 1. The molecule has 0 bridgehead atoms. The molecular formula is C25H28N2O3S. The Morgan fingerprint density at radius 2 is 1.55 bits per heavy atom. The van der Waals surface area contributed by atoms with Gasteiger partial charge in [0, 0.05) is 0 Å². The summed E-state index contributed by atoms with van der Waals surface area (Å²) in [5.74, 6) is -0.352. The first-order valence-electron chi connectivity index (χ1n) is 10.3. The van der Waals surface area contributed by atoms with Gasteiger partial charge < -0.3 is 5.32 Å². The number of para-hydroxylation sites is 1. The zero-order chi connectivity index (χ0) is 22.4. The molecule has 1 atom stereocenters. The molecule has 0 aliphatic heterocycles. The minimum Gasteiger partial charge on any atom is -0.348 e. The van der Waals surface area contributed by atoms with Gasteiger partial charge in [-0.3, -0.25) is 9.10 Å². The van der Waals surface area contributed by atoms with Crippen LogP contribution < -0.4 is 9.62 Å². The van der Waals surface area contributed by atoms with Crippen LogP contribution in [0.3, 0.4) is 0 Å². The highest BCUT2D eigenvalue weighted by atomic mass is 32.2. The molecule has 0 aliphatic rings. The Bertz CT molecular complexity index is 1130. The van der Waals surface area contributed by atoms with Gasteiger partial charge in [0.1, 0.15) is 6.54 Å². The van der Waals surface area contributed by atoms with Crippen LogP contribution in [-0.4, -0.2) is 20.9 Å². The topological polar surface area (TPSA) is 66.5 Å². The van der Waals surface area contributed by atoms with Gasteiger partial charge in [0.05, 0.1) is 16.6 Å². The third kappa shape index (κ3) is 5.33. The summed E-state index contributed by atoms with van der Waals surface area (Å²) in [6.45, 7) is 5.75. The van der Waals surface area contributed by atoms with Gasteiger partial charge in [-0.15, -0.1) is 0 Å². The molecule has 3 aromatic carbocycles. The Hall–Kier alpha value is -3.12. The predicted octanol–water partition coefficient (Wildman–Crippen LogP) is 4.77. The third-order valence-corrected chi connectivity index (χ3v) is 6.99. The first kappa shape index (κ1) is 22.6. The van der Waals surface area contributed by atoms with Crippen LogP contribution in [0.25, 0.3) is 0 Å². The normalized spacial score (nSPS) is 12.2. The largest absolute Gasteiger partial charge is 0.348 e. The van der Waals surface area contributed by atoms with Crippen molar-refractivity contribution < 1.29 is 13.2 Å². The molecule has 1 amide bonds. The van der Waals surface area contributed by atoms with E-state index in [4.69, 9.17) is 0 Å². The maximum absolute atomic E-state index is 13.3. The summed E-state index contributed by atoms with van der Waals surface area (Å²) in [6.07, 6.45) is 0.701. The number of anilines is 1. The van der Waals surface area contributed by atoms with E-state index < -0.39 is 10.0 Å². The molecule has 0 radical (unpaired) electrons. The second kappa shape index (κ2) is 9.79. The van der Waals surface area contributed by atoms with Gasteiger partial charge in [-0.1, -0.05) is 67.1 Å². The number of hydrogen-bond donors (Lipinski definition) is 1.